The first-order chi connectivity index (χ1) is 10.8. The van der Waals surface area contributed by atoms with Gasteiger partial charge in [0.15, 0.2) is 5.96 Å². The molecule has 128 valence electrons. The fourth-order valence-electron chi connectivity index (χ4n) is 3.08. The molecule has 23 heavy (non-hydrogen) atoms. The van der Waals surface area contributed by atoms with Crippen LogP contribution in [0.2, 0.25) is 0 Å². The lowest BCUT2D eigenvalue weighted by Crippen LogP contribution is -2.55. The van der Waals surface area contributed by atoms with Crippen molar-refractivity contribution >= 4 is 35.6 Å². The first-order valence-electron chi connectivity index (χ1n) is 8.18. The maximum Gasteiger partial charge on any atom is 0.193 e. The summed E-state index contributed by atoms with van der Waals surface area (Å²) in [6.07, 6.45) is 3.90. The molecule has 1 aromatic carbocycles. The van der Waals surface area contributed by atoms with E-state index < -0.39 is 0 Å². The second kappa shape index (κ2) is 8.61. The molecule has 1 aliphatic carbocycles. The third kappa shape index (κ3) is 4.22. The molecule has 1 saturated carbocycles. The van der Waals surface area contributed by atoms with Gasteiger partial charge in [-0.05, 0) is 31.4 Å². The molecule has 0 aromatic heterocycles. The van der Waals surface area contributed by atoms with Gasteiger partial charge in [-0.2, -0.15) is 0 Å². The van der Waals surface area contributed by atoms with Crippen molar-refractivity contribution in [3.05, 3.63) is 24.3 Å². The number of methoxy groups -OCH3 is 1. The van der Waals surface area contributed by atoms with Gasteiger partial charge < -0.3 is 19.9 Å². The number of hydrogen-bond donors (Lipinski definition) is 1. The van der Waals surface area contributed by atoms with Crippen LogP contribution in [0.3, 0.4) is 0 Å². The van der Waals surface area contributed by atoms with Crippen LogP contribution < -0.4 is 15.0 Å². The summed E-state index contributed by atoms with van der Waals surface area (Å²) in [5.41, 5.74) is 1.19. The van der Waals surface area contributed by atoms with Crippen molar-refractivity contribution in [2.75, 3.05) is 45.2 Å². The van der Waals surface area contributed by atoms with E-state index in [0.717, 1.165) is 37.9 Å². The van der Waals surface area contributed by atoms with E-state index >= 15 is 0 Å². The highest BCUT2D eigenvalue weighted by Crippen LogP contribution is 2.28. The van der Waals surface area contributed by atoms with Gasteiger partial charge in [0.25, 0.3) is 0 Å². The monoisotopic (exact) mass is 430 g/mol. The Bertz CT molecular complexity index is 525. The normalized spacial score (nSPS) is 19.0. The average Bonchev–Trinajstić information content (AvgIpc) is 2.54. The Morgan fingerprint density at radius 1 is 1.17 bits per heavy atom. The average molecular weight is 430 g/mol. The van der Waals surface area contributed by atoms with Crippen molar-refractivity contribution in [1.82, 2.24) is 10.2 Å². The van der Waals surface area contributed by atoms with Crippen molar-refractivity contribution in [3.63, 3.8) is 0 Å². The topological polar surface area (TPSA) is 40.1 Å². The summed E-state index contributed by atoms with van der Waals surface area (Å²) >= 11 is 0. The Morgan fingerprint density at radius 3 is 2.43 bits per heavy atom. The van der Waals surface area contributed by atoms with E-state index in [1.54, 1.807) is 7.11 Å². The zero-order valence-corrected chi connectivity index (χ0v) is 16.3. The Labute approximate surface area is 156 Å². The van der Waals surface area contributed by atoms with Crippen LogP contribution in [0, 0.1) is 0 Å². The summed E-state index contributed by atoms with van der Waals surface area (Å²) in [6.45, 7) is 3.96. The molecule has 6 heteroatoms. The summed E-state index contributed by atoms with van der Waals surface area (Å²) in [5, 5.41) is 3.58. The number of piperazine rings is 1. The second-order valence-electron chi connectivity index (χ2n) is 5.97. The van der Waals surface area contributed by atoms with Gasteiger partial charge in [-0.1, -0.05) is 12.1 Å². The number of ether oxygens (including phenoxy) is 1. The SMILES string of the molecule is CN=C(NC1CCC1)N1CCN(c2ccccc2OC)CC1.I. The van der Waals surface area contributed by atoms with Crippen LogP contribution >= 0.6 is 24.0 Å². The van der Waals surface area contributed by atoms with Crippen LogP contribution in [0.4, 0.5) is 5.69 Å². The van der Waals surface area contributed by atoms with Gasteiger partial charge in [-0.3, -0.25) is 4.99 Å². The molecule has 1 saturated heterocycles. The molecule has 2 aliphatic rings. The third-order valence-electron chi connectivity index (χ3n) is 4.66. The number of guanidine groups is 1. The summed E-state index contributed by atoms with van der Waals surface area (Å²) in [5.74, 6) is 2.01. The maximum absolute atomic E-state index is 5.48. The molecule has 0 spiro atoms. The van der Waals surface area contributed by atoms with Crippen molar-refractivity contribution in [1.29, 1.82) is 0 Å². The number of aliphatic imine (C=N–C) groups is 1. The van der Waals surface area contributed by atoms with Crippen LogP contribution in [0.1, 0.15) is 19.3 Å². The Morgan fingerprint density at radius 2 is 1.87 bits per heavy atom. The summed E-state index contributed by atoms with van der Waals surface area (Å²) in [4.78, 5) is 9.21. The molecular weight excluding hydrogens is 403 g/mol. The number of nitrogens with one attached hydrogen (secondary N) is 1. The fourth-order valence-corrected chi connectivity index (χ4v) is 3.08. The Kier molecular flexibility index (Phi) is 6.80. The molecule has 5 nitrogen and oxygen atoms in total. The lowest BCUT2D eigenvalue weighted by atomic mass is 9.93. The van der Waals surface area contributed by atoms with Gasteiger partial charge in [0.1, 0.15) is 5.75 Å². The van der Waals surface area contributed by atoms with Gasteiger partial charge in [-0.25, -0.2) is 0 Å². The van der Waals surface area contributed by atoms with Gasteiger partial charge in [0.05, 0.1) is 12.8 Å². The van der Waals surface area contributed by atoms with Crippen molar-refractivity contribution in [3.8, 4) is 5.75 Å². The molecule has 0 bridgehead atoms. The number of hydrogen-bond acceptors (Lipinski definition) is 3. The van der Waals surface area contributed by atoms with Gasteiger partial charge in [-0.15, -0.1) is 24.0 Å². The Hall–Kier alpha value is -1.18. The largest absolute Gasteiger partial charge is 0.495 e. The highest BCUT2D eigenvalue weighted by atomic mass is 127. The van der Waals surface area contributed by atoms with E-state index in [1.165, 1.54) is 24.9 Å². The minimum atomic E-state index is 0. The van der Waals surface area contributed by atoms with E-state index in [9.17, 15) is 0 Å². The van der Waals surface area contributed by atoms with Gasteiger partial charge >= 0.3 is 0 Å². The lowest BCUT2D eigenvalue weighted by Gasteiger charge is -2.40. The van der Waals surface area contributed by atoms with Crippen molar-refractivity contribution in [2.45, 2.75) is 25.3 Å². The minimum Gasteiger partial charge on any atom is -0.495 e. The zero-order chi connectivity index (χ0) is 15.4. The van der Waals surface area contributed by atoms with Crippen LogP contribution in [-0.2, 0) is 0 Å². The smallest absolute Gasteiger partial charge is 0.193 e. The van der Waals surface area contributed by atoms with Gasteiger partial charge in [0, 0.05) is 39.3 Å². The predicted molar refractivity (Wildman–Crippen MR) is 106 cm³/mol. The number of anilines is 1. The predicted octanol–water partition coefficient (Wildman–Crippen LogP) is 2.56. The molecular formula is C17H27IN4O. The summed E-state index contributed by atoms with van der Waals surface area (Å²) in [6, 6.07) is 8.88. The third-order valence-corrected chi connectivity index (χ3v) is 4.66. The molecule has 1 aromatic rings. The molecule has 0 atom stereocenters. The number of nitrogens with zero attached hydrogens (tertiary/aromatic N) is 3. The summed E-state index contributed by atoms with van der Waals surface area (Å²) < 4.78 is 5.48. The minimum absolute atomic E-state index is 0. The van der Waals surface area contributed by atoms with E-state index in [-0.39, 0.29) is 24.0 Å². The highest BCUT2D eigenvalue weighted by Gasteiger charge is 2.24. The molecule has 1 N–H and O–H groups in total. The number of halogens is 1. The van der Waals surface area contributed by atoms with E-state index in [0.29, 0.717) is 6.04 Å². The molecule has 1 heterocycles. The molecule has 0 amide bonds. The van der Waals surface area contributed by atoms with Crippen molar-refractivity contribution < 1.29 is 4.74 Å². The zero-order valence-electron chi connectivity index (χ0n) is 14.0. The van der Waals surface area contributed by atoms with E-state index in [1.807, 2.05) is 19.2 Å². The standard InChI is InChI=1S/C17H26N4O.HI/c1-18-17(19-14-6-5-7-14)21-12-10-20(11-13-21)15-8-3-4-9-16(15)22-2;/h3-4,8-9,14H,5-7,10-13H2,1-2H3,(H,18,19);1H. The Balaban J connectivity index is 0.00000192. The first-order valence-corrected chi connectivity index (χ1v) is 8.18. The van der Waals surface area contributed by atoms with E-state index in [2.05, 4.69) is 32.2 Å². The lowest BCUT2D eigenvalue weighted by molar-refractivity contribution is 0.331. The fraction of sp³-hybridized carbons (Fsp3) is 0.588. The number of benzene rings is 1. The van der Waals surface area contributed by atoms with Crippen LogP contribution in [0.15, 0.2) is 29.3 Å². The van der Waals surface area contributed by atoms with Gasteiger partial charge in [0.2, 0.25) is 0 Å². The second-order valence-corrected chi connectivity index (χ2v) is 5.97. The van der Waals surface area contributed by atoms with Crippen LogP contribution in [0.5, 0.6) is 5.75 Å². The molecule has 1 aliphatic heterocycles. The van der Waals surface area contributed by atoms with E-state index in [4.69, 9.17) is 4.74 Å². The van der Waals surface area contributed by atoms with Crippen LogP contribution in [0.25, 0.3) is 0 Å². The van der Waals surface area contributed by atoms with Crippen LogP contribution in [-0.4, -0.2) is 57.2 Å². The number of para-hydroxylation sites is 2. The molecule has 0 unspecified atom stereocenters. The quantitative estimate of drug-likeness (QED) is 0.455. The highest BCUT2D eigenvalue weighted by molar-refractivity contribution is 14.0. The number of rotatable bonds is 3. The first kappa shape index (κ1) is 18.2. The summed E-state index contributed by atoms with van der Waals surface area (Å²) in [7, 11) is 3.62. The molecule has 0 radical (unpaired) electrons. The molecule has 3 rings (SSSR count). The van der Waals surface area contributed by atoms with Crippen molar-refractivity contribution in [2.24, 2.45) is 4.99 Å². The molecule has 2 fully saturated rings. The maximum atomic E-state index is 5.48.